The van der Waals surface area contributed by atoms with Gasteiger partial charge in [0.25, 0.3) is 0 Å². The lowest BCUT2D eigenvalue weighted by Gasteiger charge is -2.16. The lowest BCUT2D eigenvalue weighted by atomic mass is 10.1. The fourth-order valence-corrected chi connectivity index (χ4v) is 1.91. The van der Waals surface area contributed by atoms with Crippen LogP contribution in [-0.4, -0.2) is 63.7 Å². The van der Waals surface area contributed by atoms with Crippen molar-refractivity contribution in [3.8, 4) is 0 Å². The summed E-state index contributed by atoms with van der Waals surface area (Å²) in [5.74, 6) is -0.0316. The molecule has 22 heavy (non-hydrogen) atoms. The predicted octanol–water partition coefficient (Wildman–Crippen LogP) is -1.46. The molecule has 1 atom stereocenters. The van der Waals surface area contributed by atoms with Crippen molar-refractivity contribution in [3.05, 3.63) is 0 Å². The second-order valence-corrected chi connectivity index (χ2v) is 5.47. The van der Waals surface area contributed by atoms with Crippen LogP contribution >= 0.6 is 0 Å². The van der Waals surface area contributed by atoms with E-state index in [1.54, 1.807) is 7.05 Å². The summed E-state index contributed by atoms with van der Waals surface area (Å²) < 4.78 is 0. The molecule has 0 rings (SSSR count). The molecule has 0 spiro atoms. The van der Waals surface area contributed by atoms with Gasteiger partial charge in [-0.25, -0.2) is 0 Å². The number of likely N-dealkylation sites (N-methyl/N-ethyl adjacent to an activating group) is 1. The maximum absolute atomic E-state index is 12.0. The second kappa shape index (κ2) is 13.3. The monoisotopic (exact) mass is 315 g/mol. The van der Waals surface area contributed by atoms with Crippen molar-refractivity contribution in [2.75, 3.05) is 39.8 Å². The summed E-state index contributed by atoms with van der Waals surface area (Å²) in [5.41, 5.74) is 5.20. The van der Waals surface area contributed by atoms with Crippen molar-refractivity contribution >= 4 is 11.9 Å². The van der Waals surface area contributed by atoms with Crippen LogP contribution < -0.4 is 32.3 Å². The van der Waals surface area contributed by atoms with E-state index in [-0.39, 0.29) is 17.9 Å². The van der Waals surface area contributed by atoms with Gasteiger partial charge in [-0.15, -0.1) is 0 Å². The molecule has 0 saturated heterocycles. The third-order valence-corrected chi connectivity index (χ3v) is 3.11. The topological polar surface area (TPSA) is 127 Å². The summed E-state index contributed by atoms with van der Waals surface area (Å²) >= 11 is 0. The molecule has 0 aromatic rings. The van der Waals surface area contributed by atoms with E-state index in [1.807, 2.05) is 0 Å². The average Bonchev–Trinajstić information content (AvgIpc) is 2.45. The zero-order valence-corrected chi connectivity index (χ0v) is 14.1. The first kappa shape index (κ1) is 20.6. The Bertz CT molecular complexity index is 310. The average molecular weight is 315 g/mol. The van der Waals surface area contributed by atoms with Crippen LogP contribution in [-0.2, 0) is 4.79 Å². The van der Waals surface area contributed by atoms with E-state index in [4.69, 9.17) is 11.1 Å². The fraction of sp³-hybridized carbons (Fsp3) is 0.857. The normalized spacial score (nSPS) is 12.2. The predicted molar refractivity (Wildman–Crippen MR) is 91.0 cm³/mol. The van der Waals surface area contributed by atoms with E-state index in [9.17, 15) is 4.79 Å². The van der Waals surface area contributed by atoms with Crippen molar-refractivity contribution in [1.82, 2.24) is 26.6 Å². The van der Waals surface area contributed by atoms with Gasteiger partial charge in [-0.3, -0.25) is 10.2 Å². The zero-order valence-electron chi connectivity index (χ0n) is 14.1. The Hall–Kier alpha value is -1.38. The van der Waals surface area contributed by atoms with Crippen molar-refractivity contribution in [3.63, 3.8) is 0 Å². The number of carbonyl (C=O) groups is 1. The van der Waals surface area contributed by atoms with E-state index >= 15 is 0 Å². The molecule has 0 aliphatic carbocycles. The molecule has 0 radical (unpaired) electrons. The summed E-state index contributed by atoms with van der Waals surface area (Å²) in [5, 5.41) is 22.3. The Morgan fingerprint density at radius 3 is 2.36 bits per heavy atom. The fourth-order valence-electron chi connectivity index (χ4n) is 1.91. The van der Waals surface area contributed by atoms with Crippen LogP contribution in [0.15, 0.2) is 0 Å². The minimum absolute atomic E-state index is 0.00688. The molecular formula is C14H33N7O. The maximum Gasteiger partial charge on any atom is 0.237 e. The highest BCUT2D eigenvalue weighted by Gasteiger charge is 2.14. The number of rotatable bonds is 13. The lowest BCUT2D eigenvalue weighted by Crippen LogP contribution is -2.45. The van der Waals surface area contributed by atoms with Crippen molar-refractivity contribution < 1.29 is 4.79 Å². The summed E-state index contributed by atoms with van der Waals surface area (Å²) in [7, 11) is 1.78. The molecule has 8 nitrogen and oxygen atoms in total. The highest BCUT2D eigenvalue weighted by Crippen LogP contribution is 1.96. The van der Waals surface area contributed by atoms with E-state index < -0.39 is 0 Å². The standard InChI is InChI=1S/C14H33N7O/c1-11(2)19-9-7-18-8-10-20-13(22)12(17-3)5-4-6-21-14(15)16/h11-12,17-19H,4-10H2,1-3H3,(H,20,22)(H4,15,16,21). The van der Waals surface area contributed by atoms with Gasteiger partial charge in [-0.1, -0.05) is 13.8 Å². The quantitative estimate of drug-likeness (QED) is 0.126. The van der Waals surface area contributed by atoms with E-state index in [0.29, 0.717) is 25.6 Å². The molecule has 0 aliphatic heterocycles. The highest BCUT2D eigenvalue weighted by molar-refractivity contribution is 5.81. The minimum atomic E-state index is -0.212. The zero-order chi connectivity index (χ0) is 16.8. The Morgan fingerprint density at radius 1 is 1.09 bits per heavy atom. The molecule has 1 amide bonds. The summed E-state index contributed by atoms with van der Waals surface area (Å²) in [4.78, 5) is 12.0. The molecule has 0 fully saturated rings. The minimum Gasteiger partial charge on any atom is -0.370 e. The summed E-state index contributed by atoms with van der Waals surface area (Å²) in [6, 6.07) is 0.284. The van der Waals surface area contributed by atoms with E-state index in [1.165, 1.54) is 0 Å². The lowest BCUT2D eigenvalue weighted by molar-refractivity contribution is -0.123. The summed E-state index contributed by atoms with van der Waals surface area (Å²) in [6.07, 6.45) is 1.48. The smallest absolute Gasteiger partial charge is 0.237 e. The van der Waals surface area contributed by atoms with Gasteiger partial charge in [0.15, 0.2) is 5.96 Å². The van der Waals surface area contributed by atoms with Gasteiger partial charge in [0.1, 0.15) is 0 Å². The van der Waals surface area contributed by atoms with Gasteiger partial charge in [0, 0.05) is 38.8 Å². The number of hydrogen-bond acceptors (Lipinski definition) is 5. The Balaban J connectivity index is 3.63. The molecular weight excluding hydrogens is 282 g/mol. The number of nitrogens with two attached hydrogens (primary N) is 1. The maximum atomic E-state index is 12.0. The SMILES string of the molecule is CNC(CCCNC(=N)N)C(=O)NCCNCCNC(C)C. The molecule has 0 aromatic heterocycles. The molecule has 8 heteroatoms. The van der Waals surface area contributed by atoms with Gasteiger partial charge in [0.2, 0.25) is 5.91 Å². The Morgan fingerprint density at radius 2 is 1.77 bits per heavy atom. The molecule has 0 aliphatic rings. The third-order valence-electron chi connectivity index (χ3n) is 3.11. The first-order valence-corrected chi connectivity index (χ1v) is 7.94. The molecule has 8 N–H and O–H groups in total. The highest BCUT2D eigenvalue weighted by atomic mass is 16.2. The van der Waals surface area contributed by atoms with Crippen LogP contribution in [0.5, 0.6) is 0 Å². The number of carbonyl (C=O) groups excluding carboxylic acids is 1. The van der Waals surface area contributed by atoms with Crippen LogP contribution in [0.1, 0.15) is 26.7 Å². The Kier molecular flexibility index (Phi) is 12.5. The van der Waals surface area contributed by atoms with E-state index in [2.05, 4.69) is 40.4 Å². The third kappa shape index (κ3) is 12.4. The van der Waals surface area contributed by atoms with Crippen LogP contribution in [0, 0.1) is 5.41 Å². The van der Waals surface area contributed by atoms with E-state index in [0.717, 1.165) is 26.1 Å². The van der Waals surface area contributed by atoms with Crippen LogP contribution in [0.25, 0.3) is 0 Å². The largest absolute Gasteiger partial charge is 0.370 e. The number of hydrogen-bond donors (Lipinski definition) is 7. The van der Waals surface area contributed by atoms with Gasteiger partial charge in [-0.05, 0) is 19.9 Å². The number of guanidine groups is 1. The Labute approximate surface area is 133 Å². The second-order valence-electron chi connectivity index (χ2n) is 5.47. The molecule has 1 unspecified atom stereocenters. The first-order valence-electron chi connectivity index (χ1n) is 7.94. The van der Waals surface area contributed by atoms with Crippen LogP contribution in [0.2, 0.25) is 0 Å². The van der Waals surface area contributed by atoms with Crippen molar-refractivity contribution in [2.24, 2.45) is 5.73 Å². The van der Waals surface area contributed by atoms with Gasteiger partial charge in [0.05, 0.1) is 6.04 Å². The van der Waals surface area contributed by atoms with Gasteiger partial charge >= 0.3 is 0 Å². The first-order chi connectivity index (χ1) is 10.5. The van der Waals surface area contributed by atoms with Gasteiger partial charge in [-0.2, -0.15) is 0 Å². The van der Waals surface area contributed by atoms with Crippen molar-refractivity contribution in [1.29, 1.82) is 5.41 Å². The molecule has 0 bridgehead atoms. The summed E-state index contributed by atoms with van der Waals surface area (Å²) in [6.45, 7) is 8.02. The number of nitrogens with one attached hydrogen (secondary N) is 6. The molecule has 130 valence electrons. The van der Waals surface area contributed by atoms with Gasteiger partial charge < -0.3 is 32.3 Å². The van der Waals surface area contributed by atoms with Crippen LogP contribution in [0.4, 0.5) is 0 Å². The van der Waals surface area contributed by atoms with Crippen LogP contribution in [0.3, 0.4) is 0 Å². The molecule has 0 aromatic carbocycles. The van der Waals surface area contributed by atoms with Crippen molar-refractivity contribution in [2.45, 2.75) is 38.8 Å². The molecule has 0 saturated carbocycles. The number of amides is 1. The molecule has 0 heterocycles.